The van der Waals surface area contributed by atoms with E-state index < -0.39 is 17.5 Å². The van der Waals surface area contributed by atoms with E-state index in [1.165, 1.54) is 19.2 Å². The van der Waals surface area contributed by atoms with Crippen LogP contribution in [0.3, 0.4) is 0 Å². The van der Waals surface area contributed by atoms with Crippen LogP contribution in [0.2, 0.25) is 0 Å². The molecule has 22 heavy (non-hydrogen) atoms. The number of benzene rings is 1. The van der Waals surface area contributed by atoms with E-state index in [0.717, 1.165) is 12.8 Å². The Hall–Kier alpha value is -1.95. The SMILES string of the molecule is COC(CNC(=O)C1(c2cccc(F)c2)CCCC1)C(=O)O. The third-order valence-electron chi connectivity index (χ3n) is 4.28. The molecule has 0 spiro atoms. The third-order valence-corrected chi connectivity index (χ3v) is 4.28. The molecular weight excluding hydrogens is 289 g/mol. The van der Waals surface area contributed by atoms with Crippen molar-refractivity contribution in [3.63, 3.8) is 0 Å². The van der Waals surface area contributed by atoms with Gasteiger partial charge < -0.3 is 15.2 Å². The maximum Gasteiger partial charge on any atom is 0.334 e. The van der Waals surface area contributed by atoms with E-state index in [1.54, 1.807) is 12.1 Å². The molecule has 1 aromatic rings. The highest BCUT2D eigenvalue weighted by molar-refractivity contribution is 5.89. The van der Waals surface area contributed by atoms with Crippen LogP contribution in [0.1, 0.15) is 31.2 Å². The lowest BCUT2D eigenvalue weighted by Gasteiger charge is -2.29. The van der Waals surface area contributed by atoms with Crippen molar-refractivity contribution in [2.45, 2.75) is 37.2 Å². The average molecular weight is 309 g/mol. The Morgan fingerprint density at radius 3 is 2.64 bits per heavy atom. The van der Waals surface area contributed by atoms with Gasteiger partial charge in [0.2, 0.25) is 5.91 Å². The van der Waals surface area contributed by atoms with Crippen LogP contribution in [-0.4, -0.2) is 36.7 Å². The van der Waals surface area contributed by atoms with Crippen molar-refractivity contribution in [3.8, 4) is 0 Å². The van der Waals surface area contributed by atoms with Gasteiger partial charge in [0.1, 0.15) is 5.82 Å². The molecule has 0 aromatic heterocycles. The van der Waals surface area contributed by atoms with Gasteiger partial charge in [0.25, 0.3) is 0 Å². The molecule has 0 radical (unpaired) electrons. The first-order valence-electron chi connectivity index (χ1n) is 7.29. The number of ether oxygens (including phenoxy) is 1. The molecule has 5 nitrogen and oxygen atoms in total. The highest BCUT2D eigenvalue weighted by Gasteiger charge is 2.43. The lowest BCUT2D eigenvalue weighted by Crippen LogP contribution is -2.47. The summed E-state index contributed by atoms with van der Waals surface area (Å²) in [6.45, 7) is -0.109. The van der Waals surface area contributed by atoms with E-state index in [2.05, 4.69) is 5.32 Å². The van der Waals surface area contributed by atoms with Gasteiger partial charge >= 0.3 is 5.97 Å². The maximum absolute atomic E-state index is 13.5. The zero-order valence-electron chi connectivity index (χ0n) is 12.5. The summed E-state index contributed by atoms with van der Waals surface area (Å²) in [5.74, 6) is -1.77. The summed E-state index contributed by atoms with van der Waals surface area (Å²) in [5, 5.41) is 11.6. The Kier molecular flexibility index (Phi) is 5.13. The Morgan fingerprint density at radius 2 is 2.09 bits per heavy atom. The van der Waals surface area contributed by atoms with Crippen LogP contribution >= 0.6 is 0 Å². The van der Waals surface area contributed by atoms with Crippen LogP contribution in [0, 0.1) is 5.82 Å². The van der Waals surface area contributed by atoms with Crippen molar-refractivity contribution >= 4 is 11.9 Å². The first kappa shape index (κ1) is 16.4. The molecule has 1 atom stereocenters. The molecule has 1 aromatic carbocycles. The van der Waals surface area contributed by atoms with Gasteiger partial charge in [-0.3, -0.25) is 4.79 Å². The number of nitrogens with one attached hydrogen (secondary N) is 1. The highest BCUT2D eigenvalue weighted by Crippen LogP contribution is 2.41. The number of aliphatic carboxylic acids is 1. The molecule has 0 aliphatic heterocycles. The van der Waals surface area contributed by atoms with Crippen LogP contribution in [0.25, 0.3) is 0 Å². The molecule has 0 heterocycles. The summed E-state index contributed by atoms with van der Waals surface area (Å²) >= 11 is 0. The van der Waals surface area contributed by atoms with Gasteiger partial charge in [-0.1, -0.05) is 25.0 Å². The predicted octanol–water partition coefficient (Wildman–Crippen LogP) is 1.85. The molecule has 120 valence electrons. The lowest BCUT2D eigenvalue weighted by molar-refractivity contribution is -0.148. The molecule has 1 amide bonds. The standard InChI is InChI=1S/C16H20FNO4/c1-22-13(14(19)20)10-18-15(21)16(7-2-3-8-16)11-5-4-6-12(17)9-11/h4-6,9,13H,2-3,7-8,10H2,1H3,(H,18,21)(H,19,20). The van der Waals surface area contributed by atoms with Gasteiger partial charge in [-0.25, -0.2) is 9.18 Å². The number of hydrogen-bond donors (Lipinski definition) is 2. The largest absolute Gasteiger partial charge is 0.479 e. The zero-order chi connectivity index (χ0) is 16.2. The molecule has 2 rings (SSSR count). The smallest absolute Gasteiger partial charge is 0.334 e. The third kappa shape index (κ3) is 3.27. The molecule has 1 unspecified atom stereocenters. The monoisotopic (exact) mass is 309 g/mol. The molecule has 0 bridgehead atoms. The van der Waals surface area contributed by atoms with E-state index >= 15 is 0 Å². The van der Waals surface area contributed by atoms with Crippen molar-refractivity contribution in [3.05, 3.63) is 35.6 Å². The van der Waals surface area contributed by atoms with Crippen molar-refractivity contribution < 1.29 is 23.8 Å². The number of carboxylic acid groups (broad SMARTS) is 1. The Morgan fingerprint density at radius 1 is 1.41 bits per heavy atom. The molecule has 1 fully saturated rings. The number of halogens is 1. The zero-order valence-corrected chi connectivity index (χ0v) is 12.5. The number of carbonyl (C=O) groups is 2. The summed E-state index contributed by atoms with van der Waals surface area (Å²) in [5.41, 5.74) is -0.134. The predicted molar refractivity (Wildman–Crippen MR) is 78.0 cm³/mol. The Labute approximate surface area is 128 Å². The van der Waals surface area contributed by atoms with Crippen molar-refractivity contribution in [1.82, 2.24) is 5.32 Å². The number of carboxylic acids is 1. The number of amides is 1. The molecule has 1 aliphatic rings. The van der Waals surface area contributed by atoms with Gasteiger partial charge in [0, 0.05) is 7.11 Å². The second-order valence-corrected chi connectivity index (χ2v) is 5.57. The van der Waals surface area contributed by atoms with Gasteiger partial charge in [-0.15, -0.1) is 0 Å². The number of hydrogen-bond acceptors (Lipinski definition) is 3. The van der Waals surface area contributed by atoms with Crippen LogP contribution in [0.4, 0.5) is 4.39 Å². The van der Waals surface area contributed by atoms with Crippen LogP contribution in [-0.2, 0) is 19.7 Å². The first-order valence-corrected chi connectivity index (χ1v) is 7.29. The summed E-state index contributed by atoms with van der Waals surface area (Å²) in [7, 11) is 1.28. The topological polar surface area (TPSA) is 75.6 Å². The number of rotatable bonds is 6. The summed E-state index contributed by atoms with van der Waals surface area (Å²) in [4.78, 5) is 23.6. The van der Waals surface area contributed by atoms with Crippen molar-refractivity contribution in [1.29, 1.82) is 0 Å². The molecular formula is C16H20FNO4. The van der Waals surface area contributed by atoms with E-state index in [4.69, 9.17) is 9.84 Å². The number of carbonyl (C=O) groups excluding carboxylic acids is 1. The lowest BCUT2D eigenvalue weighted by atomic mass is 9.78. The highest BCUT2D eigenvalue weighted by atomic mass is 19.1. The fourth-order valence-corrected chi connectivity index (χ4v) is 3.04. The average Bonchev–Trinajstić information content (AvgIpc) is 2.98. The van der Waals surface area contributed by atoms with E-state index in [9.17, 15) is 14.0 Å². The minimum absolute atomic E-state index is 0.109. The second kappa shape index (κ2) is 6.87. The summed E-state index contributed by atoms with van der Waals surface area (Å²) < 4.78 is 18.3. The minimum atomic E-state index is -1.13. The van der Waals surface area contributed by atoms with Gasteiger partial charge in [-0.05, 0) is 30.5 Å². The molecule has 0 saturated heterocycles. The molecule has 1 saturated carbocycles. The molecule has 2 N–H and O–H groups in total. The normalized spacial score (nSPS) is 17.9. The van der Waals surface area contributed by atoms with Crippen LogP contribution < -0.4 is 5.32 Å². The Bertz CT molecular complexity index is 555. The minimum Gasteiger partial charge on any atom is -0.479 e. The van der Waals surface area contributed by atoms with Gasteiger partial charge in [0.15, 0.2) is 6.10 Å². The quantitative estimate of drug-likeness (QED) is 0.841. The first-order chi connectivity index (χ1) is 10.5. The van der Waals surface area contributed by atoms with Crippen LogP contribution in [0.5, 0.6) is 0 Å². The summed E-state index contributed by atoms with van der Waals surface area (Å²) in [6.07, 6.45) is 1.95. The van der Waals surface area contributed by atoms with Gasteiger partial charge in [-0.2, -0.15) is 0 Å². The van der Waals surface area contributed by atoms with Gasteiger partial charge in [0.05, 0.1) is 12.0 Å². The second-order valence-electron chi connectivity index (χ2n) is 5.57. The van der Waals surface area contributed by atoms with E-state index in [-0.39, 0.29) is 18.3 Å². The summed E-state index contributed by atoms with van der Waals surface area (Å²) in [6, 6.07) is 6.07. The molecule has 1 aliphatic carbocycles. The van der Waals surface area contributed by atoms with Crippen molar-refractivity contribution in [2.24, 2.45) is 0 Å². The van der Waals surface area contributed by atoms with Crippen LogP contribution in [0.15, 0.2) is 24.3 Å². The molecule has 6 heteroatoms. The van der Waals surface area contributed by atoms with E-state index in [0.29, 0.717) is 18.4 Å². The fourth-order valence-electron chi connectivity index (χ4n) is 3.04. The Balaban J connectivity index is 2.17. The number of methoxy groups -OCH3 is 1. The van der Waals surface area contributed by atoms with E-state index in [1.807, 2.05) is 0 Å². The van der Waals surface area contributed by atoms with Crippen molar-refractivity contribution in [2.75, 3.05) is 13.7 Å². The maximum atomic E-state index is 13.5. The fraction of sp³-hybridized carbons (Fsp3) is 0.500.